The summed E-state index contributed by atoms with van der Waals surface area (Å²) in [5, 5.41) is 9.67. The molecule has 190 valence electrons. The molecule has 1 heterocycles. The Bertz CT molecular complexity index is 1330. The molecule has 0 radical (unpaired) electrons. The van der Waals surface area contributed by atoms with Gasteiger partial charge < -0.3 is 10.6 Å². The highest BCUT2D eigenvalue weighted by atomic mass is 35.5. The van der Waals surface area contributed by atoms with E-state index in [4.69, 9.17) is 11.6 Å². The number of likely N-dealkylation sites (N-methyl/N-ethyl adjacent to an activating group) is 1. The molecule has 1 unspecified atom stereocenters. The van der Waals surface area contributed by atoms with Gasteiger partial charge in [0.25, 0.3) is 0 Å². The molecule has 1 fully saturated rings. The van der Waals surface area contributed by atoms with Crippen LogP contribution in [0.1, 0.15) is 35.9 Å². The molecular formula is C24H23ClF3N5O3. The first-order valence-corrected chi connectivity index (χ1v) is 11.6. The number of nitrogens with zero attached hydrogens (tertiary/aromatic N) is 3. The summed E-state index contributed by atoms with van der Waals surface area (Å²) in [6.07, 6.45) is -3.05. The minimum atomic E-state index is -4.67. The van der Waals surface area contributed by atoms with Crippen molar-refractivity contribution in [2.75, 3.05) is 13.6 Å². The standard InChI is InChI=1S/C24H23ClF3N5O3/c1-29-22(35)18(17-4-2-3-5-19(17)24(26,27)28)12-30-20(34)13-32-23(36)33(16-10-11-16)21(31-32)14-6-8-15(25)9-7-14/h2-9,16,18H,10-13H2,1H3,(H,29,35)(H,30,34). The molecule has 1 aliphatic carbocycles. The fourth-order valence-corrected chi connectivity index (χ4v) is 4.09. The quantitative estimate of drug-likeness (QED) is 0.475. The average Bonchev–Trinajstić information content (AvgIpc) is 3.63. The number of rotatable bonds is 8. The predicted octanol–water partition coefficient (Wildman–Crippen LogP) is 3.36. The molecule has 2 aromatic carbocycles. The molecule has 3 aromatic rings. The van der Waals surface area contributed by atoms with E-state index in [1.807, 2.05) is 0 Å². The molecule has 1 atom stereocenters. The summed E-state index contributed by atoms with van der Waals surface area (Å²) in [5.74, 6) is -2.25. The third-order valence-corrected chi connectivity index (χ3v) is 6.14. The highest BCUT2D eigenvalue weighted by molar-refractivity contribution is 6.30. The van der Waals surface area contributed by atoms with Gasteiger partial charge in [0.15, 0.2) is 5.82 Å². The van der Waals surface area contributed by atoms with E-state index in [1.165, 1.54) is 29.8 Å². The van der Waals surface area contributed by atoms with Gasteiger partial charge in [-0.25, -0.2) is 9.48 Å². The van der Waals surface area contributed by atoms with Gasteiger partial charge in [-0.15, -0.1) is 5.10 Å². The van der Waals surface area contributed by atoms with Crippen LogP contribution in [0.5, 0.6) is 0 Å². The van der Waals surface area contributed by atoms with Crippen molar-refractivity contribution < 1.29 is 22.8 Å². The first kappa shape index (κ1) is 25.5. The second-order valence-electron chi connectivity index (χ2n) is 8.43. The molecule has 1 saturated carbocycles. The number of carbonyl (C=O) groups excluding carboxylic acids is 2. The van der Waals surface area contributed by atoms with Crippen LogP contribution in [-0.4, -0.2) is 39.8 Å². The SMILES string of the molecule is CNC(=O)C(CNC(=O)Cn1nc(-c2ccc(Cl)cc2)n(C2CC2)c1=O)c1ccccc1C(F)(F)F. The van der Waals surface area contributed by atoms with Crippen LogP contribution in [0.15, 0.2) is 53.3 Å². The van der Waals surface area contributed by atoms with Crippen LogP contribution in [0, 0.1) is 0 Å². The minimum absolute atomic E-state index is 0.0171. The summed E-state index contributed by atoms with van der Waals surface area (Å²) in [7, 11) is 1.30. The Labute approximate surface area is 209 Å². The number of hydrogen-bond donors (Lipinski definition) is 2. The van der Waals surface area contributed by atoms with Crippen LogP contribution < -0.4 is 16.3 Å². The lowest BCUT2D eigenvalue weighted by atomic mass is 9.93. The monoisotopic (exact) mass is 521 g/mol. The van der Waals surface area contributed by atoms with E-state index < -0.39 is 48.3 Å². The molecular weight excluding hydrogens is 499 g/mol. The highest BCUT2D eigenvalue weighted by Crippen LogP contribution is 2.37. The average molecular weight is 522 g/mol. The Balaban J connectivity index is 1.54. The summed E-state index contributed by atoms with van der Waals surface area (Å²) in [4.78, 5) is 38.1. The van der Waals surface area contributed by atoms with E-state index in [1.54, 1.807) is 24.3 Å². The maximum Gasteiger partial charge on any atom is 0.416 e. The molecule has 0 saturated heterocycles. The van der Waals surface area contributed by atoms with Crippen molar-refractivity contribution in [1.82, 2.24) is 25.0 Å². The molecule has 12 heteroatoms. The molecule has 0 spiro atoms. The number of carbonyl (C=O) groups is 2. The van der Waals surface area contributed by atoms with Gasteiger partial charge in [-0.2, -0.15) is 13.2 Å². The normalized spacial score (nSPS) is 14.4. The number of nitrogens with one attached hydrogen (secondary N) is 2. The number of halogens is 4. The van der Waals surface area contributed by atoms with Gasteiger partial charge in [-0.3, -0.25) is 14.2 Å². The molecule has 0 aliphatic heterocycles. The number of alkyl halides is 3. The first-order valence-electron chi connectivity index (χ1n) is 11.2. The fraction of sp³-hybridized carbons (Fsp3) is 0.333. The van der Waals surface area contributed by atoms with Crippen LogP contribution in [0.25, 0.3) is 11.4 Å². The first-order chi connectivity index (χ1) is 17.1. The van der Waals surface area contributed by atoms with Crippen LogP contribution >= 0.6 is 11.6 Å². The van der Waals surface area contributed by atoms with Gasteiger partial charge in [0, 0.05) is 30.2 Å². The lowest BCUT2D eigenvalue weighted by molar-refractivity contribution is -0.138. The second kappa shape index (κ2) is 10.2. The van der Waals surface area contributed by atoms with Crippen molar-refractivity contribution in [2.45, 2.75) is 37.5 Å². The summed E-state index contributed by atoms with van der Waals surface area (Å²) < 4.78 is 43.1. The topological polar surface area (TPSA) is 98.0 Å². The number of hydrogen-bond acceptors (Lipinski definition) is 4. The van der Waals surface area contributed by atoms with Crippen molar-refractivity contribution in [2.24, 2.45) is 0 Å². The van der Waals surface area contributed by atoms with Crippen molar-refractivity contribution in [3.05, 3.63) is 75.2 Å². The van der Waals surface area contributed by atoms with Crippen molar-refractivity contribution in [3.8, 4) is 11.4 Å². The maximum atomic E-state index is 13.5. The molecule has 2 amide bonds. The molecule has 36 heavy (non-hydrogen) atoms. The van der Waals surface area contributed by atoms with E-state index >= 15 is 0 Å². The van der Waals surface area contributed by atoms with Gasteiger partial charge in [-0.1, -0.05) is 29.8 Å². The van der Waals surface area contributed by atoms with Gasteiger partial charge >= 0.3 is 11.9 Å². The minimum Gasteiger partial charge on any atom is -0.359 e. The zero-order valence-electron chi connectivity index (χ0n) is 19.2. The van der Waals surface area contributed by atoms with Crippen molar-refractivity contribution >= 4 is 23.4 Å². The lowest BCUT2D eigenvalue weighted by Gasteiger charge is -2.21. The summed E-state index contributed by atoms with van der Waals surface area (Å²) in [6.45, 7) is -0.853. The third kappa shape index (κ3) is 5.46. The van der Waals surface area contributed by atoms with Gasteiger partial charge in [0.1, 0.15) is 6.54 Å². The predicted molar refractivity (Wildman–Crippen MR) is 126 cm³/mol. The van der Waals surface area contributed by atoms with E-state index in [0.717, 1.165) is 23.6 Å². The van der Waals surface area contributed by atoms with E-state index in [2.05, 4.69) is 15.7 Å². The zero-order valence-corrected chi connectivity index (χ0v) is 19.9. The Morgan fingerprint density at radius 2 is 1.81 bits per heavy atom. The molecule has 4 rings (SSSR count). The van der Waals surface area contributed by atoms with E-state index in [-0.39, 0.29) is 11.6 Å². The molecule has 1 aromatic heterocycles. The number of amides is 2. The molecule has 8 nitrogen and oxygen atoms in total. The third-order valence-electron chi connectivity index (χ3n) is 5.89. The Kier molecular flexibility index (Phi) is 7.21. The van der Waals surface area contributed by atoms with E-state index in [0.29, 0.717) is 16.4 Å². The smallest absolute Gasteiger partial charge is 0.359 e. The highest BCUT2D eigenvalue weighted by Gasteiger charge is 2.37. The van der Waals surface area contributed by atoms with Crippen LogP contribution in [0.4, 0.5) is 13.2 Å². The molecule has 1 aliphatic rings. The largest absolute Gasteiger partial charge is 0.416 e. The zero-order chi connectivity index (χ0) is 26.0. The van der Waals surface area contributed by atoms with Crippen LogP contribution in [0.3, 0.4) is 0 Å². The van der Waals surface area contributed by atoms with Crippen molar-refractivity contribution in [1.29, 1.82) is 0 Å². The van der Waals surface area contributed by atoms with Gasteiger partial charge in [0.2, 0.25) is 11.8 Å². The number of aromatic nitrogens is 3. The van der Waals surface area contributed by atoms with E-state index in [9.17, 15) is 27.6 Å². The Morgan fingerprint density at radius 3 is 2.42 bits per heavy atom. The summed E-state index contributed by atoms with van der Waals surface area (Å²) in [5.41, 5.74) is -1.03. The molecule has 0 bridgehead atoms. The maximum absolute atomic E-state index is 13.5. The Morgan fingerprint density at radius 1 is 1.14 bits per heavy atom. The van der Waals surface area contributed by atoms with Crippen molar-refractivity contribution in [3.63, 3.8) is 0 Å². The second-order valence-corrected chi connectivity index (χ2v) is 8.86. The van der Waals surface area contributed by atoms with Gasteiger partial charge in [0.05, 0.1) is 11.5 Å². The summed E-state index contributed by atoms with van der Waals surface area (Å²) in [6, 6.07) is 11.5. The van der Waals surface area contributed by atoms with Crippen LogP contribution in [0.2, 0.25) is 5.02 Å². The molecule has 2 N–H and O–H groups in total. The summed E-state index contributed by atoms with van der Waals surface area (Å²) >= 11 is 5.95. The van der Waals surface area contributed by atoms with Crippen LogP contribution in [-0.2, 0) is 22.3 Å². The lowest BCUT2D eigenvalue weighted by Crippen LogP contribution is -2.39. The Hall–Kier alpha value is -3.60. The fourth-order valence-electron chi connectivity index (χ4n) is 3.97. The number of benzene rings is 2. The van der Waals surface area contributed by atoms with Gasteiger partial charge in [-0.05, 0) is 48.7 Å².